The number of hydrogen-bond acceptors (Lipinski definition) is 5. The number of carbonyl (C=O) groups is 1. The summed E-state index contributed by atoms with van der Waals surface area (Å²) in [5.41, 5.74) is 7.81. The first-order chi connectivity index (χ1) is 9.16. The lowest BCUT2D eigenvalue weighted by Crippen LogP contribution is -2.35. The molecule has 0 spiro atoms. The molecule has 0 aliphatic carbocycles. The second kappa shape index (κ2) is 6.10. The molecule has 0 saturated heterocycles. The van der Waals surface area contributed by atoms with Crippen molar-refractivity contribution < 1.29 is 9.32 Å². The molecule has 1 aromatic heterocycles. The van der Waals surface area contributed by atoms with Crippen molar-refractivity contribution in [2.75, 3.05) is 6.54 Å². The summed E-state index contributed by atoms with van der Waals surface area (Å²) in [6.45, 7) is 2.41. The van der Waals surface area contributed by atoms with Gasteiger partial charge in [0.15, 0.2) is 5.82 Å². The zero-order valence-electron chi connectivity index (χ0n) is 10.7. The standard InChI is InChI=1S/C13H16N4O2/c1-9-2-4-10(5-3-9)12(14)13(18)15-7-6-11-16-8-19-17-11/h2-5,8,12H,6-7,14H2,1H3,(H,15,18). The van der Waals surface area contributed by atoms with E-state index in [4.69, 9.17) is 5.73 Å². The zero-order valence-corrected chi connectivity index (χ0v) is 10.7. The lowest BCUT2D eigenvalue weighted by atomic mass is 10.1. The van der Waals surface area contributed by atoms with Gasteiger partial charge in [0.25, 0.3) is 0 Å². The number of nitrogens with one attached hydrogen (secondary N) is 1. The van der Waals surface area contributed by atoms with Gasteiger partial charge in [-0.2, -0.15) is 4.98 Å². The van der Waals surface area contributed by atoms with Crippen LogP contribution in [0.25, 0.3) is 0 Å². The Hall–Kier alpha value is -2.21. The molecular weight excluding hydrogens is 244 g/mol. The number of hydrogen-bond donors (Lipinski definition) is 2. The number of rotatable bonds is 5. The topological polar surface area (TPSA) is 94.0 Å². The smallest absolute Gasteiger partial charge is 0.241 e. The first-order valence-corrected chi connectivity index (χ1v) is 6.02. The van der Waals surface area contributed by atoms with Gasteiger partial charge < -0.3 is 15.6 Å². The minimum Gasteiger partial charge on any atom is -0.354 e. The van der Waals surface area contributed by atoms with Gasteiger partial charge in [0.2, 0.25) is 12.3 Å². The maximum Gasteiger partial charge on any atom is 0.241 e. The van der Waals surface area contributed by atoms with E-state index in [1.54, 1.807) is 0 Å². The molecule has 19 heavy (non-hydrogen) atoms. The molecule has 0 bridgehead atoms. The Kier molecular flexibility index (Phi) is 4.25. The van der Waals surface area contributed by atoms with Crippen molar-refractivity contribution in [3.63, 3.8) is 0 Å². The summed E-state index contributed by atoms with van der Waals surface area (Å²) >= 11 is 0. The van der Waals surface area contributed by atoms with E-state index < -0.39 is 6.04 Å². The van der Waals surface area contributed by atoms with Gasteiger partial charge in [0.1, 0.15) is 6.04 Å². The summed E-state index contributed by atoms with van der Waals surface area (Å²) in [5.74, 6) is 0.344. The van der Waals surface area contributed by atoms with Gasteiger partial charge >= 0.3 is 0 Å². The van der Waals surface area contributed by atoms with Gasteiger partial charge in [-0.25, -0.2) is 0 Å². The van der Waals surface area contributed by atoms with Crippen LogP contribution in [0, 0.1) is 6.92 Å². The van der Waals surface area contributed by atoms with E-state index in [9.17, 15) is 4.79 Å². The predicted octanol–water partition coefficient (Wildman–Crippen LogP) is 0.737. The molecule has 2 rings (SSSR count). The number of carbonyl (C=O) groups excluding carboxylic acids is 1. The Bertz CT molecular complexity index is 522. The molecule has 0 aliphatic heterocycles. The van der Waals surface area contributed by atoms with Crippen molar-refractivity contribution in [1.29, 1.82) is 0 Å². The first kappa shape index (κ1) is 13.2. The average Bonchev–Trinajstić information content (AvgIpc) is 2.92. The molecule has 1 amide bonds. The SMILES string of the molecule is Cc1ccc(C(N)C(=O)NCCc2ncon2)cc1. The summed E-state index contributed by atoms with van der Waals surface area (Å²) in [6.07, 6.45) is 1.78. The Morgan fingerprint density at radius 2 is 2.16 bits per heavy atom. The fourth-order valence-electron chi connectivity index (χ4n) is 1.64. The Morgan fingerprint density at radius 1 is 1.42 bits per heavy atom. The highest BCUT2D eigenvalue weighted by Crippen LogP contribution is 2.11. The van der Waals surface area contributed by atoms with E-state index in [1.807, 2.05) is 31.2 Å². The Morgan fingerprint density at radius 3 is 2.79 bits per heavy atom. The minimum absolute atomic E-state index is 0.215. The highest BCUT2D eigenvalue weighted by molar-refractivity contribution is 5.82. The lowest BCUT2D eigenvalue weighted by molar-refractivity contribution is -0.122. The lowest BCUT2D eigenvalue weighted by Gasteiger charge is -2.12. The third-order valence-electron chi connectivity index (χ3n) is 2.77. The fraction of sp³-hybridized carbons (Fsp3) is 0.308. The quantitative estimate of drug-likeness (QED) is 0.826. The number of benzene rings is 1. The van der Waals surface area contributed by atoms with Crippen molar-refractivity contribution in [1.82, 2.24) is 15.5 Å². The zero-order chi connectivity index (χ0) is 13.7. The molecule has 1 unspecified atom stereocenters. The van der Waals surface area contributed by atoms with Gasteiger partial charge in [0.05, 0.1) is 0 Å². The molecule has 1 heterocycles. The van der Waals surface area contributed by atoms with Crippen molar-refractivity contribution in [2.45, 2.75) is 19.4 Å². The summed E-state index contributed by atoms with van der Waals surface area (Å²) < 4.78 is 4.60. The fourth-order valence-corrected chi connectivity index (χ4v) is 1.64. The molecule has 0 saturated carbocycles. The van der Waals surface area contributed by atoms with E-state index >= 15 is 0 Å². The summed E-state index contributed by atoms with van der Waals surface area (Å²) in [6, 6.07) is 6.92. The van der Waals surface area contributed by atoms with E-state index in [0.717, 1.165) is 11.1 Å². The Labute approximate surface area is 111 Å². The number of nitrogens with two attached hydrogens (primary N) is 1. The normalized spacial score (nSPS) is 12.1. The molecule has 6 nitrogen and oxygen atoms in total. The van der Waals surface area contributed by atoms with Crippen LogP contribution in [0.3, 0.4) is 0 Å². The summed E-state index contributed by atoms with van der Waals surface area (Å²) in [5, 5.41) is 6.41. The highest BCUT2D eigenvalue weighted by Gasteiger charge is 2.15. The molecular formula is C13H16N4O2. The van der Waals surface area contributed by atoms with Gasteiger partial charge in [-0.15, -0.1) is 0 Å². The van der Waals surface area contributed by atoms with E-state index in [1.165, 1.54) is 6.39 Å². The van der Waals surface area contributed by atoms with Crippen LogP contribution in [0.15, 0.2) is 35.2 Å². The predicted molar refractivity (Wildman–Crippen MR) is 69.1 cm³/mol. The molecule has 6 heteroatoms. The van der Waals surface area contributed by atoms with E-state index in [0.29, 0.717) is 18.8 Å². The number of nitrogens with zero attached hydrogens (tertiary/aromatic N) is 2. The van der Waals surface area contributed by atoms with Crippen molar-refractivity contribution in [3.8, 4) is 0 Å². The van der Waals surface area contributed by atoms with Crippen LogP contribution in [-0.2, 0) is 11.2 Å². The molecule has 100 valence electrons. The monoisotopic (exact) mass is 260 g/mol. The Balaban J connectivity index is 1.83. The average molecular weight is 260 g/mol. The van der Waals surface area contributed by atoms with Gasteiger partial charge in [-0.05, 0) is 12.5 Å². The molecule has 3 N–H and O–H groups in total. The van der Waals surface area contributed by atoms with Crippen molar-refractivity contribution in [2.24, 2.45) is 5.73 Å². The largest absolute Gasteiger partial charge is 0.354 e. The summed E-state index contributed by atoms with van der Waals surface area (Å²) in [7, 11) is 0. The van der Waals surface area contributed by atoms with Crippen LogP contribution in [0.2, 0.25) is 0 Å². The molecule has 1 aromatic carbocycles. The van der Waals surface area contributed by atoms with Gasteiger partial charge in [0, 0.05) is 13.0 Å². The second-order valence-electron chi connectivity index (χ2n) is 4.28. The molecule has 0 radical (unpaired) electrons. The minimum atomic E-state index is -0.661. The van der Waals surface area contributed by atoms with Crippen LogP contribution in [-0.4, -0.2) is 22.6 Å². The maximum absolute atomic E-state index is 11.9. The number of amides is 1. The summed E-state index contributed by atoms with van der Waals surface area (Å²) in [4.78, 5) is 15.7. The van der Waals surface area contributed by atoms with E-state index in [-0.39, 0.29) is 5.91 Å². The van der Waals surface area contributed by atoms with Crippen LogP contribution >= 0.6 is 0 Å². The van der Waals surface area contributed by atoms with Crippen LogP contribution in [0.1, 0.15) is 23.0 Å². The molecule has 0 aliphatic rings. The maximum atomic E-state index is 11.9. The number of aromatic nitrogens is 2. The van der Waals surface area contributed by atoms with Gasteiger partial charge in [-0.1, -0.05) is 35.0 Å². The third kappa shape index (κ3) is 3.62. The van der Waals surface area contributed by atoms with E-state index in [2.05, 4.69) is 20.0 Å². The van der Waals surface area contributed by atoms with Crippen LogP contribution < -0.4 is 11.1 Å². The van der Waals surface area contributed by atoms with Crippen LogP contribution in [0.4, 0.5) is 0 Å². The molecule has 1 atom stereocenters. The molecule has 0 fully saturated rings. The van der Waals surface area contributed by atoms with Crippen molar-refractivity contribution in [3.05, 3.63) is 47.6 Å². The highest BCUT2D eigenvalue weighted by atomic mass is 16.5. The second-order valence-corrected chi connectivity index (χ2v) is 4.28. The number of aryl methyl sites for hydroxylation is 1. The van der Waals surface area contributed by atoms with Gasteiger partial charge in [-0.3, -0.25) is 4.79 Å². The van der Waals surface area contributed by atoms with Crippen LogP contribution in [0.5, 0.6) is 0 Å². The van der Waals surface area contributed by atoms with Crippen molar-refractivity contribution >= 4 is 5.91 Å². The molecule has 2 aromatic rings. The first-order valence-electron chi connectivity index (χ1n) is 6.02. The third-order valence-corrected chi connectivity index (χ3v) is 2.77.